The molecule has 1 N–H and O–H groups in total. The molecule has 0 saturated carbocycles. The van der Waals surface area contributed by atoms with Crippen molar-refractivity contribution in [3.05, 3.63) is 30.1 Å². The van der Waals surface area contributed by atoms with Gasteiger partial charge >= 0.3 is 0 Å². The van der Waals surface area contributed by atoms with Crippen LogP contribution < -0.4 is 10.1 Å². The molecule has 0 bridgehead atoms. The fraction of sp³-hybridized carbons (Fsp3) is 0.611. The summed E-state index contributed by atoms with van der Waals surface area (Å²) in [5, 5.41) is 3.31. The van der Waals surface area contributed by atoms with E-state index in [4.69, 9.17) is 9.47 Å². The highest BCUT2D eigenvalue weighted by molar-refractivity contribution is 5.80. The highest BCUT2D eigenvalue weighted by Gasteiger charge is 2.21. The largest absolute Gasteiger partial charge is 0.486 e. The number of para-hydroxylation sites is 1. The molecule has 1 saturated heterocycles. The molecule has 1 aromatic carbocycles. The molecule has 1 heterocycles. The van der Waals surface area contributed by atoms with Gasteiger partial charge in [-0.25, -0.2) is 4.39 Å². The summed E-state index contributed by atoms with van der Waals surface area (Å²) in [6.07, 6.45) is 2.21. The zero-order valence-electron chi connectivity index (χ0n) is 14.8. The number of nitrogens with zero attached hydrogens (tertiary/aromatic N) is 2. The molecule has 1 fully saturated rings. The van der Waals surface area contributed by atoms with E-state index < -0.39 is 0 Å². The lowest BCUT2D eigenvalue weighted by Crippen LogP contribution is -2.48. The lowest BCUT2D eigenvalue weighted by Gasteiger charge is -2.34. The summed E-state index contributed by atoms with van der Waals surface area (Å²) in [7, 11) is 1.78. The molecule has 1 aliphatic rings. The van der Waals surface area contributed by atoms with Crippen molar-refractivity contribution in [3.63, 3.8) is 0 Å². The molecule has 1 aliphatic heterocycles. The van der Waals surface area contributed by atoms with Crippen LogP contribution in [0.15, 0.2) is 29.3 Å². The quantitative estimate of drug-likeness (QED) is 0.640. The second kappa shape index (κ2) is 9.47. The summed E-state index contributed by atoms with van der Waals surface area (Å²) >= 11 is 0. The average Bonchev–Trinajstić information content (AvgIpc) is 2.59. The van der Waals surface area contributed by atoms with Gasteiger partial charge in [0.15, 0.2) is 17.5 Å². The maximum atomic E-state index is 13.6. The molecule has 0 radical (unpaired) electrons. The van der Waals surface area contributed by atoms with Crippen LogP contribution in [0, 0.1) is 5.82 Å². The number of likely N-dealkylation sites (tertiary alicyclic amines) is 1. The number of benzene rings is 1. The minimum atomic E-state index is -0.341. The smallest absolute Gasteiger partial charge is 0.193 e. The minimum absolute atomic E-state index is 0.167. The van der Waals surface area contributed by atoms with E-state index in [0.29, 0.717) is 12.6 Å². The molecule has 134 valence electrons. The lowest BCUT2D eigenvalue weighted by molar-refractivity contribution is 0.0263. The Hall–Kier alpha value is -1.82. The molecule has 24 heavy (non-hydrogen) atoms. The number of hydrogen-bond acceptors (Lipinski definition) is 3. The van der Waals surface area contributed by atoms with E-state index >= 15 is 0 Å². The van der Waals surface area contributed by atoms with Crippen molar-refractivity contribution in [2.75, 3.05) is 33.3 Å². The zero-order chi connectivity index (χ0) is 17.4. The molecular formula is C18H28FN3O2. The van der Waals surface area contributed by atoms with E-state index in [1.165, 1.54) is 6.07 Å². The minimum Gasteiger partial charge on any atom is -0.486 e. The van der Waals surface area contributed by atoms with Gasteiger partial charge in [0, 0.05) is 26.7 Å². The van der Waals surface area contributed by atoms with E-state index in [9.17, 15) is 4.39 Å². The van der Waals surface area contributed by atoms with Crippen molar-refractivity contribution in [1.82, 2.24) is 10.2 Å². The van der Waals surface area contributed by atoms with Crippen LogP contribution in [0.4, 0.5) is 4.39 Å². The van der Waals surface area contributed by atoms with Crippen molar-refractivity contribution < 1.29 is 13.9 Å². The Bertz CT molecular complexity index is 531. The van der Waals surface area contributed by atoms with Gasteiger partial charge in [-0.1, -0.05) is 12.1 Å². The van der Waals surface area contributed by atoms with Crippen molar-refractivity contribution in [2.24, 2.45) is 4.99 Å². The third-order valence-electron chi connectivity index (χ3n) is 4.07. The Kier molecular flexibility index (Phi) is 7.31. The predicted octanol–water partition coefficient (Wildman–Crippen LogP) is 2.67. The van der Waals surface area contributed by atoms with Gasteiger partial charge in [-0.05, 0) is 38.8 Å². The van der Waals surface area contributed by atoms with E-state index in [2.05, 4.69) is 15.2 Å². The SMILES string of the molecule is CCOC1CCN(C(=NC)NCC(C)Oc2ccccc2F)CC1. The molecular weight excluding hydrogens is 309 g/mol. The van der Waals surface area contributed by atoms with E-state index in [-0.39, 0.29) is 17.7 Å². The van der Waals surface area contributed by atoms with Gasteiger partial charge in [-0.15, -0.1) is 0 Å². The molecule has 0 aliphatic carbocycles. The highest BCUT2D eigenvalue weighted by Crippen LogP contribution is 2.17. The molecule has 5 nitrogen and oxygen atoms in total. The third-order valence-corrected chi connectivity index (χ3v) is 4.07. The standard InChI is InChI=1S/C18H28FN3O2/c1-4-23-15-9-11-22(12-10-15)18(20-3)21-13-14(2)24-17-8-6-5-7-16(17)19/h5-8,14-15H,4,9-13H2,1-3H3,(H,20,21). The van der Waals surface area contributed by atoms with E-state index in [0.717, 1.165) is 38.5 Å². The van der Waals surface area contributed by atoms with Crippen molar-refractivity contribution in [1.29, 1.82) is 0 Å². The molecule has 0 amide bonds. The van der Waals surface area contributed by atoms with Crippen LogP contribution in [0.5, 0.6) is 5.75 Å². The van der Waals surface area contributed by atoms with Gasteiger partial charge < -0.3 is 19.7 Å². The van der Waals surface area contributed by atoms with Gasteiger partial charge in [0.1, 0.15) is 6.10 Å². The first-order valence-electron chi connectivity index (χ1n) is 8.62. The summed E-state index contributed by atoms with van der Waals surface area (Å²) in [5.41, 5.74) is 0. The first-order valence-corrected chi connectivity index (χ1v) is 8.62. The number of halogens is 1. The molecule has 1 unspecified atom stereocenters. The monoisotopic (exact) mass is 337 g/mol. The Balaban J connectivity index is 1.78. The number of aliphatic imine (C=N–C) groups is 1. The maximum absolute atomic E-state index is 13.6. The fourth-order valence-electron chi connectivity index (χ4n) is 2.84. The van der Waals surface area contributed by atoms with Crippen LogP contribution in [0.25, 0.3) is 0 Å². The average molecular weight is 337 g/mol. The first-order chi connectivity index (χ1) is 11.6. The first kappa shape index (κ1) is 18.5. The van der Waals surface area contributed by atoms with Gasteiger partial charge in [-0.2, -0.15) is 0 Å². The molecule has 1 atom stereocenters. The predicted molar refractivity (Wildman–Crippen MR) is 94.1 cm³/mol. The van der Waals surface area contributed by atoms with Crippen molar-refractivity contribution in [2.45, 2.75) is 38.9 Å². The summed E-state index contributed by atoms with van der Waals surface area (Å²) in [5.74, 6) is 0.792. The van der Waals surface area contributed by atoms with Crippen LogP contribution in [0.1, 0.15) is 26.7 Å². The van der Waals surface area contributed by atoms with Crippen LogP contribution in [0.3, 0.4) is 0 Å². The number of guanidine groups is 1. The summed E-state index contributed by atoms with van der Waals surface area (Å²) < 4.78 is 24.9. The van der Waals surface area contributed by atoms with Crippen LogP contribution in [-0.2, 0) is 4.74 Å². The number of piperidine rings is 1. The highest BCUT2D eigenvalue weighted by atomic mass is 19.1. The van der Waals surface area contributed by atoms with Gasteiger partial charge in [0.05, 0.1) is 12.6 Å². The van der Waals surface area contributed by atoms with Gasteiger partial charge in [0.2, 0.25) is 0 Å². The molecule has 6 heteroatoms. The topological polar surface area (TPSA) is 46.1 Å². The fourth-order valence-corrected chi connectivity index (χ4v) is 2.84. The number of rotatable bonds is 6. The summed E-state index contributed by atoms with van der Waals surface area (Å²) in [4.78, 5) is 6.57. The molecule has 0 spiro atoms. The van der Waals surface area contributed by atoms with Gasteiger partial charge in [0.25, 0.3) is 0 Å². The molecule has 1 aromatic rings. The Morgan fingerprint density at radius 2 is 2.08 bits per heavy atom. The number of ether oxygens (including phenoxy) is 2. The Labute approximate surface area is 143 Å². The normalized spacial score (nSPS) is 17.7. The second-order valence-corrected chi connectivity index (χ2v) is 5.93. The zero-order valence-corrected chi connectivity index (χ0v) is 14.8. The second-order valence-electron chi connectivity index (χ2n) is 5.93. The van der Waals surface area contributed by atoms with Crippen LogP contribution in [-0.4, -0.2) is 56.4 Å². The van der Waals surface area contributed by atoms with Crippen molar-refractivity contribution in [3.8, 4) is 5.75 Å². The lowest BCUT2D eigenvalue weighted by atomic mass is 10.1. The molecule has 0 aromatic heterocycles. The molecule has 2 rings (SSSR count). The van der Waals surface area contributed by atoms with Crippen molar-refractivity contribution >= 4 is 5.96 Å². The van der Waals surface area contributed by atoms with Gasteiger partial charge in [-0.3, -0.25) is 4.99 Å². The Morgan fingerprint density at radius 3 is 2.71 bits per heavy atom. The van der Waals surface area contributed by atoms with Crippen LogP contribution in [0.2, 0.25) is 0 Å². The van der Waals surface area contributed by atoms with E-state index in [1.807, 2.05) is 13.8 Å². The summed E-state index contributed by atoms with van der Waals surface area (Å²) in [6.45, 7) is 7.12. The number of nitrogens with one attached hydrogen (secondary N) is 1. The summed E-state index contributed by atoms with van der Waals surface area (Å²) in [6, 6.07) is 6.45. The Morgan fingerprint density at radius 1 is 1.38 bits per heavy atom. The third kappa shape index (κ3) is 5.37. The number of hydrogen-bond donors (Lipinski definition) is 1. The van der Waals surface area contributed by atoms with Crippen LogP contribution >= 0.6 is 0 Å². The maximum Gasteiger partial charge on any atom is 0.193 e. The van der Waals surface area contributed by atoms with E-state index in [1.54, 1.807) is 25.2 Å².